The Bertz CT molecular complexity index is 883. The average Bonchev–Trinajstić information content (AvgIpc) is 3.05. The molecule has 0 bridgehead atoms. The van der Waals surface area contributed by atoms with Gasteiger partial charge in [0.05, 0.1) is 28.7 Å². The number of aromatic nitrogens is 2. The van der Waals surface area contributed by atoms with Gasteiger partial charge in [0.2, 0.25) is 5.88 Å². The molecule has 0 radical (unpaired) electrons. The fourth-order valence-corrected chi connectivity index (χ4v) is 3.59. The monoisotopic (exact) mass is 344 g/mol. The van der Waals surface area contributed by atoms with E-state index < -0.39 is 0 Å². The van der Waals surface area contributed by atoms with Crippen LogP contribution in [0.5, 0.6) is 5.88 Å². The second-order valence-corrected chi connectivity index (χ2v) is 7.82. The second-order valence-electron chi connectivity index (χ2n) is 6.15. The molecular formula is C16H16N4OS2. The van der Waals surface area contributed by atoms with Crippen molar-refractivity contribution in [3.8, 4) is 11.6 Å². The molecule has 7 heteroatoms. The molecule has 23 heavy (non-hydrogen) atoms. The molecule has 0 amide bonds. The highest BCUT2D eigenvalue weighted by atomic mass is 32.1. The Balaban J connectivity index is 2.07. The van der Waals surface area contributed by atoms with Crippen molar-refractivity contribution in [2.45, 2.75) is 20.8 Å². The van der Waals surface area contributed by atoms with E-state index in [0.29, 0.717) is 8.83 Å². The number of rotatable bonds is 2. The van der Waals surface area contributed by atoms with Crippen LogP contribution in [0, 0.1) is 9.37 Å². The van der Waals surface area contributed by atoms with Crippen molar-refractivity contribution in [3.05, 3.63) is 38.9 Å². The highest BCUT2D eigenvalue weighted by Crippen LogP contribution is 2.33. The molecule has 0 saturated heterocycles. The SMILES string of the molecule is CC(C)(C)C1=NN=C/C1=C\c1sc(=S)n(-c2cccnc2)c1O. The van der Waals surface area contributed by atoms with Crippen LogP contribution in [-0.4, -0.2) is 26.6 Å². The van der Waals surface area contributed by atoms with Crippen molar-refractivity contribution < 1.29 is 5.11 Å². The molecule has 0 aromatic carbocycles. The van der Waals surface area contributed by atoms with Gasteiger partial charge in [-0.05, 0) is 30.4 Å². The lowest BCUT2D eigenvalue weighted by Gasteiger charge is -2.18. The Hall–Kier alpha value is -2.12. The first-order chi connectivity index (χ1) is 10.9. The molecule has 0 aliphatic carbocycles. The molecule has 5 nitrogen and oxygen atoms in total. The quantitative estimate of drug-likeness (QED) is 0.829. The minimum absolute atomic E-state index is 0.106. The predicted octanol–water partition coefficient (Wildman–Crippen LogP) is 4.24. The number of hydrogen-bond acceptors (Lipinski definition) is 6. The maximum absolute atomic E-state index is 10.6. The van der Waals surface area contributed by atoms with Gasteiger partial charge in [0.25, 0.3) is 0 Å². The zero-order valence-electron chi connectivity index (χ0n) is 13.0. The maximum Gasteiger partial charge on any atom is 0.215 e. The lowest BCUT2D eigenvalue weighted by molar-refractivity contribution is 0.441. The minimum atomic E-state index is -0.120. The molecule has 118 valence electrons. The summed E-state index contributed by atoms with van der Waals surface area (Å²) >= 11 is 6.73. The fraction of sp³-hybridized carbons (Fsp3) is 0.250. The van der Waals surface area contributed by atoms with Crippen LogP contribution >= 0.6 is 23.6 Å². The zero-order chi connectivity index (χ0) is 16.6. The molecule has 0 spiro atoms. The minimum Gasteiger partial charge on any atom is -0.493 e. The summed E-state index contributed by atoms with van der Waals surface area (Å²) in [6.07, 6.45) is 6.93. The van der Waals surface area contributed by atoms with Gasteiger partial charge in [-0.1, -0.05) is 20.8 Å². The van der Waals surface area contributed by atoms with Crippen molar-refractivity contribution in [2.75, 3.05) is 0 Å². The Morgan fingerprint density at radius 1 is 1.35 bits per heavy atom. The molecule has 0 atom stereocenters. The van der Waals surface area contributed by atoms with E-state index in [0.717, 1.165) is 17.0 Å². The molecule has 2 aromatic heterocycles. The summed E-state index contributed by atoms with van der Waals surface area (Å²) in [5.74, 6) is 0.106. The third-order valence-electron chi connectivity index (χ3n) is 3.34. The summed E-state index contributed by atoms with van der Waals surface area (Å²) in [6, 6.07) is 3.66. The van der Waals surface area contributed by atoms with Crippen molar-refractivity contribution in [1.29, 1.82) is 0 Å². The van der Waals surface area contributed by atoms with Crippen molar-refractivity contribution in [3.63, 3.8) is 0 Å². The largest absolute Gasteiger partial charge is 0.493 e. The van der Waals surface area contributed by atoms with Crippen LogP contribution in [0.15, 0.2) is 40.3 Å². The normalized spacial score (nSPS) is 16.1. The summed E-state index contributed by atoms with van der Waals surface area (Å²) in [5, 5.41) is 18.8. The van der Waals surface area contributed by atoms with Gasteiger partial charge in [0.15, 0.2) is 3.95 Å². The molecule has 0 fully saturated rings. The van der Waals surface area contributed by atoms with E-state index in [9.17, 15) is 5.11 Å². The van der Waals surface area contributed by atoms with E-state index in [1.807, 2.05) is 12.1 Å². The number of nitrogens with zero attached hydrogens (tertiary/aromatic N) is 4. The van der Waals surface area contributed by atoms with Gasteiger partial charge in [0.1, 0.15) is 0 Å². The van der Waals surface area contributed by atoms with Gasteiger partial charge in [-0.15, -0.1) is 11.3 Å². The van der Waals surface area contributed by atoms with Crippen LogP contribution in [0.1, 0.15) is 25.6 Å². The summed E-state index contributed by atoms with van der Waals surface area (Å²) in [7, 11) is 0. The first kappa shape index (κ1) is 15.8. The second kappa shape index (κ2) is 5.82. The van der Waals surface area contributed by atoms with E-state index in [1.165, 1.54) is 11.3 Å². The third-order valence-corrected chi connectivity index (χ3v) is 4.65. The first-order valence-electron chi connectivity index (χ1n) is 7.07. The van der Waals surface area contributed by atoms with Crippen LogP contribution in [-0.2, 0) is 0 Å². The van der Waals surface area contributed by atoms with Gasteiger partial charge < -0.3 is 5.11 Å². The topological polar surface area (TPSA) is 62.8 Å². The summed E-state index contributed by atoms with van der Waals surface area (Å²) in [6.45, 7) is 6.24. The molecule has 2 aromatic rings. The summed E-state index contributed by atoms with van der Waals surface area (Å²) < 4.78 is 2.17. The smallest absolute Gasteiger partial charge is 0.215 e. The van der Waals surface area contributed by atoms with Crippen molar-refractivity contribution >= 4 is 41.6 Å². The Labute approximate surface area is 143 Å². The van der Waals surface area contributed by atoms with Gasteiger partial charge >= 0.3 is 0 Å². The highest BCUT2D eigenvalue weighted by Gasteiger charge is 2.25. The number of allylic oxidation sites excluding steroid dienone is 1. The maximum atomic E-state index is 10.6. The molecule has 1 aliphatic heterocycles. The number of aromatic hydroxyl groups is 1. The molecule has 0 unspecified atom stereocenters. The predicted molar refractivity (Wildman–Crippen MR) is 97.3 cm³/mol. The fourth-order valence-electron chi connectivity index (χ4n) is 2.29. The molecular weight excluding hydrogens is 328 g/mol. The van der Waals surface area contributed by atoms with Crippen LogP contribution < -0.4 is 0 Å². The van der Waals surface area contributed by atoms with Crippen LogP contribution in [0.3, 0.4) is 0 Å². The van der Waals surface area contributed by atoms with E-state index in [4.69, 9.17) is 12.2 Å². The van der Waals surface area contributed by atoms with E-state index in [-0.39, 0.29) is 11.3 Å². The Morgan fingerprint density at radius 2 is 2.13 bits per heavy atom. The third kappa shape index (κ3) is 3.02. The van der Waals surface area contributed by atoms with Crippen molar-refractivity contribution in [1.82, 2.24) is 9.55 Å². The molecule has 3 heterocycles. The Morgan fingerprint density at radius 3 is 2.78 bits per heavy atom. The Kier molecular flexibility index (Phi) is 3.99. The van der Waals surface area contributed by atoms with Crippen LogP contribution in [0.25, 0.3) is 11.8 Å². The van der Waals surface area contributed by atoms with E-state index >= 15 is 0 Å². The van der Waals surface area contributed by atoms with Gasteiger partial charge in [-0.25, -0.2) is 0 Å². The molecule has 1 aliphatic rings. The van der Waals surface area contributed by atoms with Crippen LogP contribution in [0.4, 0.5) is 0 Å². The molecule has 0 saturated carbocycles. The van der Waals surface area contributed by atoms with Gasteiger partial charge in [-0.2, -0.15) is 10.2 Å². The standard InChI is InChI=1S/C16H16N4OS2/c1-16(2,3)13-10(8-18-19-13)7-12-14(21)20(15(22)23-12)11-5-4-6-17-9-11/h4-9,21H,1-3H3/b10-7+. The van der Waals surface area contributed by atoms with E-state index in [1.54, 1.807) is 29.2 Å². The number of hydrogen-bond donors (Lipinski definition) is 1. The lowest BCUT2D eigenvalue weighted by atomic mass is 9.86. The van der Waals surface area contributed by atoms with Crippen molar-refractivity contribution in [2.24, 2.45) is 15.6 Å². The van der Waals surface area contributed by atoms with E-state index in [2.05, 4.69) is 36.0 Å². The summed E-state index contributed by atoms with van der Waals surface area (Å²) in [5.41, 5.74) is 2.40. The number of pyridine rings is 1. The molecule has 3 rings (SSSR count). The lowest BCUT2D eigenvalue weighted by Crippen LogP contribution is -2.20. The van der Waals surface area contributed by atoms with Crippen LogP contribution in [0.2, 0.25) is 0 Å². The average molecular weight is 344 g/mol. The number of thiazole rings is 1. The summed E-state index contributed by atoms with van der Waals surface area (Å²) in [4.78, 5) is 4.75. The zero-order valence-corrected chi connectivity index (χ0v) is 14.6. The van der Waals surface area contributed by atoms with Gasteiger partial charge in [-0.3, -0.25) is 9.55 Å². The van der Waals surface area contributed by atoms with Gasteiger partial charge in [0, 0.05) is 17.2 Å². The molecule has 1 N–H and O–H groups in total. The highest BCUT2D eigenvalue weighted by molar-refractivity contribution is 7.73. The first-order valence-corrected chi connectivity index (χ1v) is 8.29.